The van der Waals surface area contributed by atoms with Gasteiger partial charge in [-0.15, -0.1) is 0 Å². The molecule has 0 aliphatic carbocycles. The standard InChI is InChI=1S/C12H14Br2N2S/c1-12(2)6-15-11(17-7-12)16-10-8(13)4-3-5-9(10)14/h3-5H,6-7H2,1-2H3,(H,15,16). The van der Waals surface area contributed by atoms with Gasteiger partial charge < -0.3 is 5.32 Å². The maximum absolute atomic E-state index is 4.59. The number of para-hydroxylation sites is 1. The van der Waals surface area contributed by atoms with Gasteiger partial charge in [0.2, 0.25) is 0 Å². The number of amidine groups is 1. The average molecular weight is 378 g/mol. The molecular weight excluding hydrogens is 364 g/mol. The van der Waals surface area contributed by atoms with Gasteiger partial charge in [-0.1, -0.05) is 31.7 Å². The maximum Gasteiger partial charge on any atom is 0.161 e. The second-order valence-electron chi connectivity index (χ2n) is 4.80. The van der Waals surface area contributed by atoms with Crippen LogP contribution < -0.4 is 5.32 Å². The van der Waals surface area contributed by atoms with Crippen LogP contribution >= 0.6 is 43.6 Å². The first-order valence-corrected chi connectivity index (χ1v) is 7.93. The second kappa shape index (κ2) is 5.33. The van der Waals surface area contributed by atoms with E-state index < -0.39 is 0 Å². The van der Waals surface area contributed by atoms with Gasteiger partial charge in [-0.05, 0) is 49.4 Å². The number of rotatable bonds is 1. The Balaban J connectivity index is 2.15. The first kappa shape index (κ1) is 13.4. The third-order valence-corrected chi connectivity index (χ3v) is 5.20. The number of nitrogens with one attached hydrogen (secondary N) is 1. The minimum absolute atomic E-state index is 0.307. The Bertz CT molecular complexity index is 438. The van der Waals surface area contributed by atoms with Crippen LogP contribution in [0.4, 0.5) is 5.69 Å². The van der Waals surface area contributed by atoms with E-state index in [0.29, 0.717) is 5.41 Å². The molecule has 0 spiro atoms. The van der Waals surface area contributed by atoms with Crippen LogP contribution in [0.25, 0.3) is 0 Å². The minimum atomic E-state index is 0.307. The molecule has 17 heavy (non-hydrogen) atoms. The third-order valence-electron chi connectivity index (χ3n) is 2.45. The minimum Gasteiger partial charge on any atom is -0.333 e. The first-order valence-electron chi connectivity index (χ1n) is 5.36. The Morgan fingerprint density at radius 1 is 1.29 bits per heavy atom. The summed E-state index contributed by atoms with van der Waals surface area (Å²) >= 11 is 8.86. The number of nitrogens with zero attached hydrogens (tertiary/aromatic N) is 1. The molecule has 2 nitrogen and oxygen atoms in total. The number of thioether (sulfide) groups is 1. The van der Waals surface area contributed by atoms with Crippen molar-refractivity contribution in [2.45, 2.75) is 13.8 Å². The van der Waals surface area contributed by atoms with Crippen molar-refractivity contribution < 1.29 is 0 Å². The van der Waals surface area contributed by atoms with Gasteiger partial charge >= 0.3 is 0 Å². The van der Waals surface area contributed by atoms with Crippen LogP contribution in [0.2, 0.25) is 0 Å². The molecule has 0 atom stereocenters. The largest absolute Gasteiger partial charge is 0.333 e. The van der Waals surface area contributed by atoms with Crippen LogP contribution in [0, 0.1) is 5.41 Å². The molecule has 1 aliphatic rings. The highest BCUT2D eigenvalue weighted by Crippen LogP contribution is 2.33. The van der Waals surface area contributed by atoms with Crippen LogP contribution in [0.1, 0.15) is 13.8 Å². The summed E-state index contributed by atoms with van der Waals surface area (Å²) in [5, 5.41) is 4.37. The zero-order valence-electron chi connectivity index (χ0n) is 9.76. The summed E-state index contributed by atoms with van der Waals surface area (Å²) in [6.07, 6.45) is 0. The molecule has 0 amide bonds. The monoisotopic (exact) mass is 376 g/mol. The number of hydrogen-bond acceptors (Lipinski definition) is 3. The molecule has 0 saturated heterocycles. The van der Waals surface area contributed by atoms with Crippen molar-refractivity contribution in [3.63, 3.8) is 0 Å². The number of aliphatic imine (C=N–C) groups is 1. The van der Waals surface area contributed by atoms with Gasteiger partial charge in [-0.25, -0.2) is 0 Å². The molecule has 0 saturated carbocycles. The van der Waals surface area contributed by atoms with E-state index in [0.717, 1.165) is 32.1 Å². The van der Waals surface area contributed by atoms with Crippen molar-refractivity contribution in [3.8, 4) is 0 Å². The molecule has 1 heterocycles. The van der Waals surface area contributed by atoms with Crippen LogP contribution in [-0.2, 0) is 0 Å². The summed E-state index contributed by atoms with van der Waals surface area (Å²) in [7, 11) is 0. The van der Waals surface area contributed by atoms with Gasteiger partial charge in [0.05, 0.1) is 5.69 Å². The lowest BCUT2D eigenvalue weighted by Gasteiger charge is -2.27. The Labute approximate surface area is 123 Å². The van der Waals surface area contributed by atoms with Crippen LogP contribution in [0.5, 0.6) is 0 Å². The molecule has 0 aromatic heterocycles. The number of anilines is 1. The lowest BCUT2D eigenvalue weighted by molar-refractivity contribution is 0.438. The summed E-state index contributed by atoms with van der Waals surface area (Å²) < 4.78 is 2.08. The molecule has 0 radical (unpaired) electrons. The first-order chi connectivity index (χ1) is 7.98. The zero-order valence-corrected chi connectivity index (χ0v) is 13.7. The summed E-state index contributed by atoms with van der Waals surface area (Å²) in [4.78, 5) is 4.59. The third kappa shape index (κ3) is 3.48. The predicted molar refractivity (Wildman–Crippen MR) is 84.0 cm³/mol. The fourth-order valence-corrected chi connectivity index (χ4v) is 3.59. The normalized spacial score (nSPS) is 18.7. The van der Waals surface area contributed by atoms with Crippen LogP contribution in [0.3, 0.4) is 0 Å². The molecule has 1 N–H and O–H groups in total. The van der Waals surface area contributed by atoms with E-state index in [1.807, 2.05) is 18.2 Å². The molecule has 1 aromatic carbocycles. The van der Waals surface area contributed by atoms with Crippen molar-refractivity contribution in [2.75, 3.05) is 17.6 Å². The van der Waals surface area contributed by atoms with E-state index in [1.165, 1.54) is 0 Å². The summed E-state index contributed by atoms with van der Waals surface area (Å²) in [6, 6.07) is 6.04. The summed E-state index contributed by atoms with van der Waals surface area (Å²) in [6.45, 7) is 5.37. The van der Waals surface area contributed by atoms with E-state index in [9.17, 15) is 0 Å². The fraction of sp³-hybridized carbons (Fsp3) is 0.417. The van der Waals surface area contributed by atoms with Gasteiger partial charge in [0.25, 0.3) is 0 Å². The van der Waals surface area contributed by atoms with Crippen molar-refractivity contribution in [1.82, 2.24) is 0 Å². The number of benzene rings is 1. The second-order valence-corrected chi connectivity index (χ2v) is 7.47. The van der Waals surface area contributed by atoms with Gasteiger partial charge in [-0.2, -0.15) is 0 Å². The van der Waals surface area contributed by atoms with Gasteiger partial charge in [-0.3, -0.25) is 4.99 Å². The molecule has 1 aliphatic heterocycles. The molecule has 0 fully saturated rings. The molecule has 1 aromatic rings. The van der Waals surface area contributed by atoms with Crippen molar-refractivity contribution in [3.05, 3.63) is 27.1 Å². The summed E-state index contributed by atoms with van der Waals surface area (Å²) in [5.41, 5.74) is 1.35. The van der Waals surface area contributed by atoms with E-state index in [-0.39, 0.29) is 0 Å². The molecular formula is C12H14Br2N2S. The van der Waals surface area contributed by atoms with E-state index in [2.05, 4.69) is 56.0 Å². The lowest BCUT2D eigenvalue weighted by Crippen LogP contribution is -2.27. The highest BCUT2D eigenvalue weighted by Gasteiger charge is 2.23. The highest BCUT2D eigenvalue weighted by atomic mass is 79.9. The fourth-order valence-electron chi connectivity index (χ4n) is 1.44. The Morgan fingerprint density at radius 3 is 2.47 bits per heavy atom. The maximum atomic E-state index is 4.59. The van der Waals surface area contributed by atoms with Crippen molar-refractivity contribution in [2.24, 2.45) is 10.4 Å². The Hall–Kier alpha value is -0.000000000000000111. The molecule has 5 heteroatoms. The van der Waals surface area contributed by atoms with E-state index >= 15 is 0 Å². The SMILES string of the molecule is CC1(C)CN=C(Nc2c(Br)cccc2Br)SC1. The van der Waals surface area contributed by atoms with Crippen LogP contribution in [-0.4, -0.2) is 17.5 Å². The average Bonchev–Trinajstić information content (AvgIpc) is 2.26. The topological polar surface area (TPSA) is 24.4 Å². The van der Waals surface area contributed by atoms with Crippen LogP contribution in [0.15, 0.2) is 32.1 Å². The molecule has 2 rings (SSSR count). The molecule has 0 bridgehead atoms. The van der Waals surface area contributed by atoms with Gasteiger partial charge in [0.1, 0.15) is 0 Å². The molecule has 92 valence electrons. The number of halogens is 2. The summed E-state index contributed by atoms with van der Waals surface area (Å²) in [5.74, 6) is 1.10. The van der Waals surface area contributed by atoms with Gasteiger partial charge in [0.15, 0.2) is 5.17 Å². The highest BCUT2D eigenvalue weighted by molar-refractivity contribution is 9.11. The van der Waals surface area contributed by atoms with Crippen molar-refractivity contribution >= 4 is 54.5 Å². The van der Waals surface area contributed by atoms with E-state index in [4.69, 9.17) is 0 Å². The van der Waals surface area contributed by atoms with Crippen molar-refractivity contribution in [1.29, 1.82) is 0 Å². The Morgan fingerprint density at radius 2 is 1.94 bits per heavy atom. The Kier molecular flexibility index (Phi) is 4.21. The molecule has 0 unspecified atom stereocenters. The van der Waals surface area contributed by atoms with E-state index in [1.54, 1.807) is 11.8 Å². The number of hydrogen-bond donors (Lipinski definition) is 1. The predicted octanol–water partition coefficient (Wildman–Crippen LogP) is 4.75. The lowest BCUT2D eigenvalue weighted by atomic mass is 9.97. The quantitative estimate of drug-likeness (QED) is 0.763. The van der Waals surface area contributed by atoms with Gasteiger partial charge in [0, 0.05) is 21.2 Å². The smallest absolute Gasteiger partial charge is 0.161 e. The zero-order chi connectivity index (χ0) is 12.5.